The minimum absolute atomic E-state index is 0.0231. The number of hydrogen-bond acceptors (Lipinski definition) is 3. The highest BCUT2D eigenvalue weighted by atomic mass is 79.9. The minimum atomic E-state index is -0.0231. The van der Waals surface area contributed by atoms with Crippen LogP contribution in [0.5, 0.6) is 0 Å². The molecule has 1 saturated heterocycles. The first-order valence-electron chi connectivity index (χ1n) is 6.73. The molecule has 104 valence electrons. The Morgan fingerprint density at radius 1 is 1.05 bits per heavy atom. The number of imide groups is 1. The molecule has 1 aliphatic heterocycles. The number of carbonyl (C=O) groups is 2. The van der Waals surface area contributed by atoms with Crippen LogP contribution in [0.4, 0.5) is 0 Å². The van der Waals surface area contributed by atoms with Gasteiger partial charge in [-0.3, -0.25) is 14.5 Å². The van der Waals surface area contributed by atoms with Crippen LogP contribution in [-0.4, -0.2) is 16.7 Å². The summed E-state index contributed by atoms with van der Waals surface area (Å²) in [5.74, 6) is -0.0463. The molecule has 0 radical (unpaired) electrons. The highest BCUT2D eigenvalue weighted by Crippen LogP contribution is 2.25. The van der Waals surface area contributed by atoms with Crippen molar-refractivity contribution in [2.24, 2.45) is 0 Å². The van der Waals surface area contributed by atoms with Crippen LogP contribution in [0.1, 0.15) is 50.5 Å². The normalized spacial score (nSPS) is 18.7. The predicted molar refractivity (Wildman–Crippen MR) is 79.9 cm³/mol. The molecular weight excluding hydrogens is 326 g/mol. The quantitative estimate of drug-likeness (QED) is 0.757. The first kappa shape index (κ1) is 14.7. The Balaban J connectivity index is 2.09. The second kappa shape index (κ2) is 7.20. The number of halogens is 1. The van der Waals surface area contributed by atoms with Gasteiger partial charge in [0.1, 0.15) is 0 Å². The lowest BCUT2D eigenvalue weighted by Gasteiger charge is -2.22. The number of thiophene rings is 1. The molecule has 2 rings (SSSR count). The number of carbonyl (C=O) groups excluding carboxylic acids is 2. The van der Waals surface area contributed by atoms with E-state index in [-0.39, 0.29) is 11.8 Å². The van der Waals surface area contributed by atoms with Crippen molar-refractivity contribution in [3.63, 3.8) is 0 Å². The monoisotopic (exact) mass is 343 g/mol. The van der Waals surface area contributed by atoms with E-state index in [9.17, 15) is 9.59 Å². The zero-order valence-corrected chi connectivity index (χ0v) is 13.3. The van der Waals surface area contributed by atoms with E-state index >= 15 is 0 Å². The van der Waals surface area contributed by atoms with E-state index in [4.69, 9.17) is 0 Å². The van der Waals surface area contributed by atoms with Crippen molar-refractivity contribution in [2.45, 2.75) is 51.5 Å². The molecular formula is C14H18BrNO2S. The lowest BCUT2D eigenvalue weighted by Crippen LogP contribution is -2.36. The molecule has 2 amide bonds. The lowest BCUT2D eigenvalue weighted by atomic mass is 10.1. The molecule has 1 fully saturated rings. The third-order valence-corrected chi connectivity index (χ3v) is 5.22. The number of amides is 2. The van der Waals surface area contributed by atoms with Crippen molar-refractivity contribution in [3.8, 4) is 0 Å². The molecule has 1 aromatic heterocycles. The first-order chi connectivity index (χ1) is 9.18. The summed E-state index contributed by atoms with van der Waals surface area (Å²) in [4.78, 5) is 25.8. The van der Waals surface area contributed by atoms with Gasteiger partial charge in [-0.25, -0.2) is 0 Å². The Bertz CT molecular complexity index is 438. The van der Waals surface area contributed by atoms with Crippen LogP contribution < -0.4 is 0 Å². The predicted octanol–water partition coefficient (Wildman–Crippen LogP) is 4.11. The van der Waals surface area contributed by atoms with Crippen LogP contribution in [0.15, 0.2) is 15.2 Å². The molecule has 0 N–H and O–H groups in total. The molecule has 0 aromatic carbocycles. The summed E-state index contributed by atoms with van der Waals surface area (Å²) < 4.78 is 1.00. The number of rotatable bonds is 2. The summed E-state index contributed by atoms with van der Waals surface area (Å²) in [6.45, 7) is 0.405. The van der Waals surface area contributed by atoms with E-state index in [0.29, 0.717) is 19.4 Å². The molecule has 0 unspecified atom stereocenters. The number of nitrogens with zero attached hydrogens (tertiary/aromatic N) is 1. The average molecular weight is 344 g/mol. The van der Waals surface area contributed by atoms with Crippen LogP contribution in [0.25, 0.3) is 0 Å². The van der Waals surface area contributed by atoms with E-state index in [2.05, 4.69) is 15.9 Å². The van der Waals surface area contributed by atoms with E-state index < -0.39 is 0 Å². The van der Waals surface area contributed by atoms with Gasteiger partial charge in [-0.2, -0.15) is 0 Å². The van der Waals surface area contributed by atoms with Gasteiger partial charge in [0.05, 0.1) is 10.3 Å². The van der Waals surface area contributed by atoms with Gasteiger partial charge in [0.15, 0.2) is 0 Å². The molecule has 5 heteroatoms. The summed E-state index contributed by atoms with van der Waals surface area (Å²) >= 11 is 5.04. The summed E-state index contributed by atoms with van der Waals surface area (Å²) in [6, 6.07) is 1.97. The van der Waals surface area contributed by atoms with Gasteiger partial charge >= 0.3 is 0 Å². The van der Waals surface area contributed by atoms with Crippen molar-refractivity contribution in [1.29, 1.82) is 0 Å². The Hall–Kier alpha value is -0.680. The molecule has 0 bridgehead atoms. The fraction of sp³-hybridized carbons (Fsp3) is 0.571. The molecule has 0 aliphatic carbocycles. The van der Waals surface area contributed by atoms with Crippen LogP contribution >= 0.6 is 27.3 Å². The van der Waals surface area contributed by atoms with Gasteiger partial charge in [-0.05, 0) is 45.8 Å². The van der Waals surface area contributed by atoms with Crippen LogP contribution in [0.3, 0.4) is 0 Å². The summed E-state index contributed by atoms with van der Waals surface area (Å²) in [7, 11) is 0. The van der Waals surface area contributed by atoms with E-state index in [1.807, 2.05) is 11.4 Å². The highest BCUT2D eigenvalue weighted by Gasteiger charge is 2.22. The first-order valence-corrected chi connectivity index (χ1v) is 8.41. The molecule has 1 aromatic rings. The topological polar surface area (TPSA) is 37.4 Å². The van der Waals surface area contributed by atoms with Crippen molar-refractivity contribution < 1.29 is 9.59 Å². The molecule has 0 spiro atoms. The fourth-order valence-electron chi connectivity index (χ4n) is 2.27. The Morgan fingerprint density at radius 2 is 1.63 bits per heavy atom. The molecule has 3 nitrogen and oxygen atoms in total. The number of hydrogen-bond donors (Lipinski definition) is 0. The van der Waals surface area contributed by atoms with Crippen molar-refractivity contribution in [2.75, 3.05) is 0 Å². The van der Waals surface area contributed by atoms with E-state index in [1.54, 1.807) is 11.3 Å². The minimum Gasteiger partial charge on any atom is -0.278 e. The smallest absolute Gasteiger partial charge is 0.229 e. The Labute approximate surface area is 126 Å². The fourth-order valence-corrected chi connectivity index (χ4v) is 3.49. The van der Waals surface area contributed by atoms with Gasteiger partial charge in [0.2, 0.25) is 11.8 Å². The molecule has 19 heavy (non-hydrogen) atoms. The Morgan fingerprint density at radius 3 is 2.16 bits per heavy atom. The van der Waals surface area contributed by atoms with E-state index in [0.717, 1.165) is 41.5 Å². The summed E-state index contributed by atoms with van der Waals surface area (Å²) in [5, 5.41) is 1.97. The summed E-state index contributed by atoms with van der Waals surface area (Å²) in [5.41, 5.74) is 1.02. The van der Waals surface area contributed by atoms with Crippen LogP contribution in [0.2, 0.25) is 0 Å². The van der Waals surface area contributed by atoms with Crippen LogP contribution in [-0.2, 0) is 16.1 Å². The standard InChI is InChI=1S/C14H18BrNO2S/c15-14-11(8-9-19-14)10-16-12(17)6-4-2-1-3-5-7-13(16)18/h8-9H,1-7,10H2. The van der Waals surface area contributed by atoms with Crippen LogP contribution in [0, 0.1) is 0 Å². The maximum absolute atomic E-state index is 12.2. The molecule has 0 atom stereocenters. The average Bonchev–Trinajstić information content (AvgIpc) is 2.79. The SMILES string of the molecule is O=C1CCCCCCCC(=O)N1Cc1ccsc1Br. The lowest BCUT2D eigenvalue weighted by molar-refractivity contribution is -0.145. The zero-order valence-electron chi connectivity index (χ0n) is 10.9. The third kappa shape index (κ3) is 4.14. The van der Waals surface area contributed by atoms with Crippen molar-refractivity contribution in [1.82, 2.24) is 4.90 Å². The van der Waals surface area contributed by atoms with Crippen molar-refractivity contribution in [3.05, 3.63) is 20.8 Å². The summed E-state index contributed by atoms with van der Waals surface area (Å²) in [6.07, 6.45) is 6.10. The molecule has 1 aliphatic rings. The van der Waals surface area contributed by atoms with Gasteiger partial charge in [0.25, 0.3) is 0 Å². The highest BCUT2D eigenvalue weighted by molar-refractivity contribution is 9.11. The van der Waals surface area contributed by atoms with Gasteiger partial charge in [-0.1, -0.05) is 19.3 Å². The van der Waals surface area contributed by atoms with Gasteiger partial charge in [-0.15, -0.1) is 11.3 Å². The maximum Gasteiger partial charge on any atom is 0.229 e. The third-order valence-electron chi connectivity index (χ3n) is 3.41. The maximum atomic E-state index is 12.2. The Kier molecular flexibility index (Phi) is 5.58. The molecule has 0 saturated carbocycles. The van der Waals surface area contributed by atoms with Crippen molar-refractivity contribution >= 4 is 39.1 Å². The van der Waals surface area contributed by atoms with E-state index in [1.165, 1.54) is 4.90 Å². The largest absolute Gasteiger partial charge is 0.278 e. The zero-order chi connectivity index (χ0) is 13.7. The second-order valence-corrected chi connectivity index (χ2v) is 7.09. The second-order valence-electron chi connectivity index (χ2n) is 4.86. The van der Waals surface area contributed by atoms with Gasteiger partial charge < -0.3 is 0 Å². The van der Waals surface area contributed by atoms with Gasteiger partial charge in [0, 0.05) is 12.8 Å². The molecule has 2 heterocycles.